The third-order valence-corrected chi connectivity index (χ3v) is 13.0. The first kappa shape index (κ1) is 48.0. The second-order valence-corrected chi connectivity index (χ2v) is 17.8. The van der Waals surface area contributed by atoms with E-state index in [-0.39, 0.29) is 54.1 Å². The molecule has 0 aromatic rings. The Balaban J connectivity index is 1.06. The predicted octanol–water partition coefficient (Wildman–Crippen LogP) is 5.97. The molecule has 3 fully saturated rings. The van der Waals surface area contributed by atoms with Crippen molar-refractivity contribution in [3.05, 3.63) is 12.2 Å². The van der Waals surface area contributed by atoms with Crippen molar-refractivity contribution >= 4 is 11.9 Å². The van der Waals surface area contributed by atoms with E-state index in [1.807, 2.05) is 6.92 Å². The van der Waals surface area contributed by atoms with Crippen molar-refractivity contribution in [2.45, 2.75) is 223 Å². The third-order valence-electron chi connectivity index (χ3n) is 13.0. The van der Waals surface area contributed by atoms with Crippen LogP contribution in [0.1, 0.15) is 174 Å². The number of hydrogen-bond acceptors (Lipinski definition) is 11. The Morgan fingerprint density at radius 3 is 2.26 bits per heavy atom. The van der Waals surface area contributed by atoms with Crippen molar-refractivity contribution in [3.63, 3.8) is 0 Å². The number of aliphatic hydroxyl groups is 2. The summed E-state index contributed by atoms with van der Waals surface area (Å²) in [7, 11) is 0. The van der Waals surface area contributed by atoms with E-state index in [2.05, 4.69) is 34.6 Å². The molecule has 0 bridgehead atoms. The zero-order valence-electron chi connectivity index (χ0n) is 36.1. The Bertz CT molecular complexity index is 1160. The molecule has 0 aromatic carbocycles. The van der Waals surface area contributed by atoms with Gasteiger partial charge in [-0.05, 0) is 97.1 Å². The summed E-state index contributed by atoms with van der Waals surface area (Å²) in [6, 6.07) is 0.542. The maximum atomic E-state index is 13.8. The number of ether oxygens (including phenoxy) is 2. The smallest absolute Gasteiger partial charge is 0.312 e. The molecule has 4 heterocycles. The molecule has 5 unspecified atom stereocenters. The maximum Gasteiger partial charge on any atom is 0.312 e. The molecule has 0 radical (unpaired) electrons. The lowest BCUT2D eigenvalue weighted by Gasteiger charge is -2.56. The van der Waals surface area contributed by atoms with Gasteiger partial charge < -0.3 is 36.1 Å². The number of aliphatic hydroxyl groups excluding tert-OH is 2. The van der Waals surface area contributed by atoms with Crippen LogP contribution >= 0.6 is 0 Å². The van der Waals surface area contributed by atoms with Crippen LogP contribution in [0.3, 0.4) is 0 Å². The van der Waals surface area contributed by atoms with Crippen molar-refractivity contribution in [3.8, 4) is 0 Å². The maximum absolute atomic E-state index is 13.8. The summed E-state index contributed by atoms with van der Waals surface area (Å²) < 4.78 is 12.8. The minimum absolute atomic E-state index is 0.00175. The van der Waals surface area contributed by atoms with Gasteiger partial charge in [0, 0.05) is 44.1 Å². The summed E-state index contributed by atoms with van der Waals surface area (Å²) >= 11 is 0. The van der Waals surface area contributed by atoms with E-state index >= 15 is 0 Å². The molecule has 0 aromatic heterocycles. The van der Waals surface area contributed by atoms with Crippen LogP contribution in [0.2, 0.25) is 0 Å². The number of nitrogens with zero attached hydrogens (tertiary/aromatic N) is 2. The fourth-order valence-electron chi connectivity index (χ4n) is 9.91. The summed E-state index contributed by atoms with van der Waals surface area (Å²) in [5.74, 6) is -0.132. The summed E-state index contributed by atoms with van der Waals surface area (Å²) in [6.07, 6.45) is 29.0. The molecule has 8 N–H and O–H groups in total. The minimum Gasteiger partial charge on any atom is -0.465 e. The van der Waals surface area contributed by atoms with E-state index in [1.165, 1.54) is 57.8 Å². The highest BCUT2D eigenvalue weighted by Gasteiger charge is 2.57. The van der Waals surface area contributed by atoms with Crippen molar-refractivity contribution < 1.29 is 29.3 Å². The minimum atomic E-state index is -0.565. The van der Waals surface area contributed by atoms with Gasteiger partial charge in [0.2, 0.25) is 5.91 Å². The lowest BCUT2D eigenvalue weighted by Crippen LogP contribution is -2.77. The van der Waals surface area contributed by atoms with Gasteiger partial charge in [0.05, 0.1) is 30.8 Å². The summed E-state index contributed by atoms with van der Waals surface area (Å²) in [5, 5.41) is 27.9. The molecule has 0 saturated carbocycles. The Morgan fingerprint density at radius 1 is 0.930 bits per heavy atom. The zero-order valence-corrected chi connectivity index (χ0v) is 36.1. The van der Waals surface area contributed by atoms with Crippen LogP contribution in [0.5, 0.6) is 0 Å². The first-order chi connectivity index (χ1) is 27.7. The molecule has 9 atom stereocenters. The second-order valence-electron chi connectivity index (χ2n) is 17.8. The molecule has 1 amide bonds. The average Bonchev–Trinajstić information content (AvgIpc) is 3.50. The van der Waals surface area contributed by atoms with Gasteiger partial charge in [-0.15, -0.1) is 0 Å². The van der Waals surface area contributed by atoms with Crippen LogP contribution in [-0.4, -0.2) is 113 Å². The van der Waals surface area contributed by atoms with Crippen molar-refractivity contribution in [1.82, 2.24) is 20.4 Å². The lowest BCUT2D eigenvalue weighted by atomic mass is 9.84. The number of carbonyl (C=O) groups is 2. The number of hydrogen-bond donors (Lipinski definition) is 6. The van der Waals surface area contributed by atoms with Gasteiger partial charge in [0.1, 0.15) is 12.0 Å². The van der Waals surface area contributed by atoms with Crippen LogP contribution < -0.4 is 22.1 Å². The third kappa shape index (κ3) is 16.1. The molecule has 4 aliphatic heterocycles. The quantitative estimate of drug-likeness (QED) is 0.0299. The second kappa shape index (κ2) is 26.5. The van der Waals surface area contributed by atoms with Gasteiger partial charge in [-0.25, -0.2) is 0 Å². The Labute approximate surface area is 346 Å². The molecule has 1 spiro atoms. The fourth-order valence-corrected chi connectivity index (χ4v) is 9.91. The van der Waals surface area contributed by atoms with Crippen molar-refractivity contribution in [1.29, 1.82) is 0 Å². The zero-order chi connectivity index (χ0) is 40.9. The van der Waals surface area contributed by atoms with E-state index < -0.39 is 6.10 Å². The van der Waals surface area contributed by atoms with Gasteiger partial charge in [-0.3, -0.25) is 25.1 Å². The molecule has 12 heteroatoms. The highest BCUT2D eigenvalue weighted by atomic mass is 16.5. The molecule has 3 saturated heterocycles. The number of nitrogens with two attached hydrogens (primary N) is 2. The Morgan fingerprint density at radius 2 is 1.61 bits per heavy atom. The molecule has 4 rings (SSSR count). The molecular formula is C45H84N6O6. The van der Waals surface area contributed by atoms with Crippen LogP contribution in [-0.2, 0) is 19.1 Å². The highest BCUT2D eigenvalue weighted by Crippen LogP contribution is 2.44. The van der Waals surface area contributed by atoms with Gasteiger partial charge in [-0.2, -0.15) is 0 Å². The Kier molecular flexibility index (Phi) is 22.4. The largest absolute Gasteiger partial charge is 0.465 e. The van der Waals surface area contributed by atoms with Gasteiger partial charge in [-0.1, -0.05) is 89.7 Å². The van der Waals surface area contributed by atoms with Crippen molar-refractivity contribution in [2.75, 3.05) is 32.8 Å². The molecule has 330 valence electrons. The first-order valence-corrected chi connectivity index (χ1v) is 23.6. The monoisotopic (exact) mass is 805 g/mol. The topological polar surface area (TPSA) is 176 Å². The normalized spacial score (nSPS) is 28.2. The standard InChI is InChI=1S/C45H84N6O6/c1-3-38-22-16-17-28-45(57-38)33-36-25-26-40-42(39(23-19-21-35(2)52)48-44(49-45)51(36)40)43(55)56-32-18-14-12-10-8-6-4-5-7-9-11-13-15-24-41(54)50(31-20-29-46)34-37(53)27-30-47/h16,22,35-40,42,44,48-49,52-53H,3-15,17-21,23-34,46-47H2,1-2H3/t35-,36-,37+,38?,39?,40?,42?,44?,45+/m0/s1. The number of unbranched alkanes of at least 4 members (excludes halogenated alkanes) is 12. The van der Waals surface area contributed by atoms with E-state index in [1.54, 1.807) is 4.90 Å². The number of amides is 1. The lowest BCUT2D eigenvalue weighted by molar-refractivity contribution is -0.187. The van der Waals surface area contributed by atoms with E-state index in [0.717, 1.165) is 89.9 Å². The summed E-state index contributed by atoms with van der Waals surface area (Å²) in [4.78, 5) is 30.8. The van der Waals surface area contributed by atoms with Crippen LogP contribution in [0.25, 0.3) is 0 Å². The number of allylic oxidation sites excluding steroid dienone is 1. The SMILES string of the molecule is CCC1C=CCC[C@]2(C[C@@H]3CCC4C(C(=O)OCCCCCCCCCCCCCCCC(=O)N(CCCN)C[C@H](O)CCN)C(CCC[C@H](C)O)NC(N2)N43)O1. The number of esters is 1. The van der Waals surface area contributed by atoms with Crippen LogP contribution in [0.4, 0.5) is 0 Å². The molecule has 0 aliphatic carbocycles. The van der Waals surface area contributed by atoms with Crippen LogP contribution in [0.15, 0.2) is 12.2 Å². The molecular weight excluding hydrogens is 721 g/mol. The highest BCUT2D eigenvalue weighted by molar-refractivity contribution is 5.76. The summed E-state index contributed by atoms with van der Waals surface area (Å²) in [5.41, 5.74) is 10.8. The summed E-state index contributed by atoms with van der Waals surface area (Å²) in [6.45, 7) is 6.44. The van der Waals surface area contributed by atoms with Gasteiger partial charge in [0.25, 0.3) is 0 Å². The first-order valence-electron chi connectivity index (χ1n) is 23.6. The Hall–Kier alpha value is -1.64. The van der Waals surface area contributed by atoms with Gasteiger partial charge >= 0.3 is 5.97 Å². The predicted molar refractivity (Wildman–Crippen MR) is 228 cm³/mol. The number of rotatable bonds is 29. The van der Waals surface area contributed by atoms with Crippen LogP contribution in [0, 0.1) is 5.92 Å². The molecule has 12 nitrogen and oxygen atoms in total. The number of carbonyl (C=O) groups excluding carboxylic acids is 2. The van der Waals surface area contributed by atoms with Gasteiger partial charge in [0.15, 0.2) is 0 Å². The van der Waals surface area contributed by atoms with E-state index in [0.29, 0.717) is 51.7 Å². The van der Waals surface area contributed by atoms with Crippen molar-refractivity contribution in [2.24, 2.45) is 17.4 Å². The molecule has 57 heavy (non-hydrogen) atoms. The van der Waals surface area contributed by atoms with E-state index in [4.69, 9.17) is 20.9 Å². The van der Waals surface area contributed by atoms with E-state index in [9.17, 15) is 19.8 Å². The fraction of sp³-hybridized carbons (Fsp3) is 0.911. The average molecular weight is 805 g/mol. The molecule has 4 aliphatic rings. The number of nitrogens with one attached hydrogen (secondary N) is 2.